The standard InChI is InChI=1S/2C6H14N2O.4ClH/c2*7-3-5-1-2-8-4-6(5)9;;;;/h2*5-6,8-9H,1-4,7H2;4*1H/t2*5-,6+;;;;/m10..../s1. The third kappa shape index (κ3) is 11.5. The number of aliphatic hydroxyl groups is 2. The van der Waals surface area contributed by atoms with Crippen LogP contribution in [0.5, 0.6) is 0 Å². The van der Waals surface area contributed by atoms with Crippen LogP contribution in [-0.2, 0) is 0 Å². The molecule has 0 spiro atoms. The summed E-state index contributed by atoms with van der Waals surface area (Å²) in [6, 6.07) is 0. The van der Waals surface area contributed by atoms with Crippen LogP contribution in [-0.4, -0.2) is 61.7 Å². The lowest BCUT2D eigenvalue weighted by Gasteiger charge is -2.26. The quantitative estimate of drug-likeness (QED) is 0.369. The first-order valence-electron chi connectivity index (χ1n) is 6.86. The fourth-order valence-corrected chi connectivity index (χ4v) is 2.34. The van der Waals surface area contributed by atoms with Crippen LogP contribution in [0.1, 0.15) is 12.8 Å². The number of nitrogens with one attached hydrogen (secondary N) is 2. The third-order valence-electron chi connectivity index (χ3n) is 3.78. The molecule has 4 atom stereocenters. The average Bonchev–Trinajstić information content (AvgIpc) is 2.41. The average molecular weight is 406 g/mol. The zero-order valence-corrected chi connectivity index (χ0v) is 15.9. The van der Waals surface area contributed by atoms with E-state index in [0.29, 0.717) is 38.0 Å². The maximum atomic E-state index is 9.23. The molecule has 0 aromatic heterocycles. The van der Waals surface area contributed by atoms with Crippen molar-refractivity contribution in [3.05, 3.63) is 0 Å². The van der Waals surface area contributed by atoms with Gasteiger partial charge in [0.05, 0.1) is 12.2 Å². The molecule has 2 rings (SSSR count). The molecule has 0 saturated carbocycles. The smallest absolute Gasteiger partial charge is 0.0705 e. The van der Waals surface area contributed by atoms with Gasteiger partial charge in [-0.25, -0.2) is 0 Å². The molecule has 0 aliphatic carbocycles. The van der Waals surface area contributed by atoms with Crippen LogP contribution >= 0.6 is 49.6 Å². The summed E-state index contributed by atoms with van der Waals surface area (Å²) in [4.78, 5) is 0. The summed E-state index contributed by atoms with van der Waals surface area (Å²) >= 11 is 0. The van der Waals surface area contributed by atoms with E-state index in [1.54, 1.807) is 0 Å². The highest BCUT2D eigenvalue weighted by Crippen LogP contribution is 2.10. The Hall–Kier alpha value is 0.920. The van der Waals surface area contributed by atoms with Crippen molar-refractivity contribution in [3.63, 3.8) is 0 Å². The van der Waals surface area contributed by atoms with Gasteiger partial charge in [0.15, 0.2) is 0 Å². The van der Waals surface area contributed by atoms with Crippen molar-refractivity contribution in [2.75, 3.05) is 39.3 Å². The Kier molecular flexibility index (Phi) is 25.5. The molecule has 140 valence electrons. The fourth-order valence-electron chi connectivity index (χ4n) is 2.34. The number of piperidine rings is 2. The first kappa shape index (κ1) is 30.8. The van der Waals surface area contributed by atoms with Gasteiger partial charge in [0.2, 0.25) is 0 Å². The highest BCUT2D eigenvalue weighted by molar-refractivity contribution is 5.86. The monoisotopic (exact) mass is 404 g/mol. The molecule has 2 saturated heterocycles. The van der Waals surface area contributed by atoms with E-state index in [0.717, 1.165) is 25.9 Å². The first-order chi connectivity index (χ1) is 8.69. The molecular formula is C12H32Cl4N4O2. The predicted octanol–water partition coefficient (Wildman–Crippen LogP) is -0.482. The summed E-state index contributed by atoms with van der Waals surface area (Å²) in [6.45, 7) is 4.65. The van der Waals surface area contributed by atoms with Gasteiger partial charge in [-0.2, -0.15) is 0 Å². The van der Waals surface area contributed by atoms with Gasteiger partial charge < -0.3 is 32.3 Å². The second kappa shape index (κ2) is 18.3. The van der Waals surface area contributed by atoms with E-state index < -0.39 is 0 Å². The molecule has 2 heterocycles. The van der Waals surface area contributed by atoms with Crippen molar-refractivity contribution in [2.24, 2.45) is 23.3 Å². The maximum absolute atomic E-state index is 9.23. The summed E-state index contributed by atoms with van der Waals surface area (Å²) in [5.74, 6) is 0.650. The van der Waals surface area contributed by atoms with Crippen LogP contribution in [0.4, 0.5) is 0 Å². The summed E-state index contributed by atoms with van der Waals surface area (Å²) in [6.07, 6.45) is 1.59. The second-order valence-corrected chi connectivity index (χ2v) is 5.11. The number of β-amino-alcohol motifs (C(OH)–C–C–N with tert-alkyl or cyclic N) is 2. The van der Waals surface area contributed by atoms with Crippen LogP contribution in [0.25, 0.3) is 0 Å². The van der Waals surface area contributed by atoms with Crippen LogP contribution in [0.2, 0.25) is 0 Å². The number of halogens is 4. The lowest BCUT2D eigenvalue weighted by atomic mass is 9.96. The van der Waals surface area contributed by atoms with Gasteiger partial charge in [-0.1, -0.05) is 0 Å². The predicted molar refractivity (Wildman–Crippen MR) is 101 cm³/mol. The van der Waals surface area contributed by atoms with Crippen molar-refractivity contribution < 1.29 is 10.2 Å². The molecule has 2 aliphatic rings. The Balaban J connectivity index is -0.000000125. The van der Waals surface area contributed by atoms with Gasteiger partial charge in [-0.3, -0.25) is 0 Å². The first-order valence-corrected chi connectivity index (χ1v) is 6.86. The highest BCUT2D eigenvalue weighted by atomic mass is 35.5. The molecule has 6 nitrogen and oxygen atoms in total. The zero-order valence-electron chi connectivity index (χ0n) is 12.6. The Morgan fingerprint density at radius 2 is 1.05 bits per heavy atom. The molecule has 8 N–H and O–H groups in total. The van der Waals surface area contributed by atoms with E-state index in [2.05, 4.69) is 10.6 Å². The number of nitrogens with two attached hydrogens (primary N) is 2. The Labute approximate surface area is 158 Å². The Morgan fingerprint density at radius 3 is 1.23 bits per heavy atom. The molecule has 0 amide bonds. The van der Waals surface area contributed by atoms with Gasteiger partial charge in [0.25, 0.3) is 0 Å². The SMILES string of the molecule is Cl.Cl.Cl.Cl.NC[C@@H]1CCNC[C@H]1O.NC[C@H]1CCNC[C@@H]1O. The molecule has 0 aromatic rings. The third-order valence-corrected chi connectivity index (χ3v) is 3.78. The normalized spacial score (nSPS) is 30.0. The molecule has 2 fully saturated rings. The topological polar surface area (TPSA) is 117 Å². The molecule has 22 heavy (non-hydrogen) atoms. The second-order valence-electron chi connectivity index (χ2n) is 5.11. The van der Waals surface area contributed by atoms with Crippen molar-refractivity contribution in [2.45, 2.75) is 25.0 Å². The van der Waals surface area contributed by atoms with E-state index in [-0.39, 0.29) is 61.8 Å². The maximum Gasteiger partial charge on any atom is 0.0705 e. The minimum absolute atomic E-state index is 0. The minimum Gasteiger partial charge on any atom is -0.391 e. The summed E-state index contributed by atoms with van der Waals surface area (Å²) < 4.78 is 0. The molecule has 0 aromatic carbocycles. The minimum atomic E-state index is -0.219. The Morgan fingerprint density at radius 1 is 0.727 bits per heavy atom. The van der Waals surface area contributed by atoms with E-state index in [4.69, 9.17) is 11.5 Å². The summed E-state index contributed by atoms with van der Waals surface area (Å²) in [5.41, 5.74) is 10.8. The zero-order chi connectivity index (χ0) is 13.4. The number of aliphatic hydroxyl groups excluding tert-OH is 2. The molecule has 2 aliphatic heterocycles. The van der Waals surface area contributed by atoms with Crippen molar-refractivity contribution in [1.82, 2.24) is 10.6 Å². The van der Waals surface area contributed by atoms with Gasteiger partial charge in [0.1, 0.15) is 0 Å². The van der Waals surface area contributed by atoms with E-state index >= 15 is 0 Å². The molecular weight excluding hydrogens is 374 g/mol. The van der Waals surface area contributed by atoms with Gasteiger partial charge in [-0.05, 0) is 50.9 Å². The number of hydrogen-bond acceptors (Lipinski definition) is 6. The summed E-state index contributed by atoms with van der Waals surface area (Å²) in [7, 11) is 0. The van der Waals surface area contributed by atoms with Crippen molar-refractivity contribution in [3.8, 4) is 0 Å². The van der Waals surface area contributed by atoms with E-state index in [1.165, 1.54) is 0 Å². The molecule has 0 bridgehead atoms. The number of rotatable bonds is 2. The lowest BCUT2D eigenvalue weighted by molar-refractivity contribution is 0.0861. The van der Waals surface area contributed by atoms with Crippen LogP contribution in [0.3, 0.4) is 0 Å². The van der Waals surface area contributed by atoms with Gasteiger partial charge >= 0.3 is 0 Å². The molecule has 0 unspecified atom stereocenters. The lowest BCUT2D eigenvalue weighted by Crippen LogP contribution is -2.43. The van der Waals surface area contributed by atoms with Crippen LogP contribution in [0, 0.1) is 11.8 Å². The molecule has 10 heteroatoms. The molecule has 0 radical (unpaired) electrons. The van der Waals surface area contributed by atoms with Gasteiger partial charge in [0, 0.05) is 13.1 Å². The number of hydrogen-bond donors (Lipinski definition) is 6. The fraction of sp³-hybridized carbons (Fsp3) is 1.00. The van der Waals surface area contributed by atoms with Crippen LogP contribution in [0.15, 0.2) is 0 Å². The van der Waals surface area contributed by atoms with Crippen LogP contribution < -0.4 is 22.1 Å². The van der Waals surface area contributed by atoms with Gasteiger partial charge in [-0.15, -0.1) is 49.6 Å². The van der Waals surface area contributed by atoms with Crippen molar-refractivity contribution in [1.29, 1.82) is 0 Å². The largest absolute Gasteiger partial charge is 0.391 e. The van der Waals surface area contributed by atoms with E-state index in [9.17, 15) is 10.2 Å². The summed E-state index contributed by atoms with van der Waals surface area (Å²) in [5, 5.41) is 24.6. The van der Waals surface area contributed by atoms with Crippen molar-refractivity contribution >= 4 is 49.6 Å². The van der Waals surface area contributed by atoms with E-state index in [1.807, 2.05) is 0 Å². The Bertz CT molecular complexity index is 211. The highest BCUT2D eigenvalue weighted by Gasteiger charge is 2.21.